The van der Waals surface area contributed by atoms with Gasteiger partial charge in [0.15, 0.2) is 0 Å². The Morgan fingerprint density at radius 1 is 1.06 bits per heavy atom. The minimum Gasteiger partial charge on any atom is -0.391 e. The second-order valence-corrected chi connectivity index (χ2v) is 5.41. The summed E-state index contributed by atoms with van der Waals surface area (Å²) in [7, 11) is 0. The Morgan fingerprint density at radius 2 is 1.88 bits per heavy atom. The predicted octanol–water partition coefficient (Wildman–Crippen LogP) is 2.35. The molecule has 0 spiro atoms. The van der Waals surface area contributed by atoms with Crippen molar-refractivity contribution in [2.75, 3.05) is 6.54 Å². The topological polar surface area (TPSA) is 23.5 Å². The molecule has 0 radical (unpaired) electrons. The van der Waals surface area contributed by atoms with E-state index < -0.39 is 0 Å². The van der Waals surface area contributed by atoms with Gasteiger partial charge in [0.05, 0.1) is 6.10 Å². The lowest BCUT2D eigenvalue weighted by atomic mass is 10.0. The molecule has 92 valence electrons. The molecule has 0 amide bonds. The van der Waals surface area contributed by atoms with Crippen molar-refractivity contribution in [3.05, 3.63) is 35.4 Å². The molecule has 17 heavy (non-hydrogen) atoms. The van der Waals surface area contributed by atoms with E-state index in [1.165, 1.54) is 36.8 Å². The summed E-state index contributed by atoms with van der Waals surface area (Å²) in [6, 6.07) is 9.17. The van der Waals surface area contributed by atoms with E-state index in [0.29, 0.717) is 6.04 Å². The summed E-state index contributed by atoms with van der Waals surface area (Å²) in [5.74, 6) is 0. The highest BCUT2D eigenvalue weighted by Crippen LogP contribution is 2.28. The van der Waals surface area contributed by atoms with Gasteiger partial charge < -0.3 is 5.11 Å². The summed E-state index contributed by atoms with van der Waals surface area (Å²) in [4.78, 5) is 2.50. The van der Waals surface area contributed by atoms with Gasteiger partial charge in [-0.05, 0) is 49.8 Å². The van der Waals surface area contributed by atoms with E-state index in [4.69, 9.17) is 0 Å². The minimum atomic E-state index is -0.0970. The molecule has 1 heterocycles. The van der Waals surface area contributed by atoms with Gasteiger partial charge >= 0.3 is 0 Å². The number of aliphatic hydroxyl groups excluding tert-OH is 1. The average molecular weight is 231 g/mol. The number of nitrogens with zero attached hydrogens (tertiary/aromatic N) is 1. The smallest absolute Gasteiger partial charge is 0.0695 e. The van der Waals surface area contributed by atoms with E-state index in [0.717, 1.165) is 19.5 Å². The average Bonchev–Trinajstić information content (AvgIpc) is 2.65. The Morgan fingerprint density at radius 3 is 2.65 bits per heavy atom. The molecule has 1 aliphatic heterocycles. The first kappa shape index (κ1) is 11.2. The first-order valence-corrected chi connectivity index (χ1v) is 6.83. The summed E-state index contributed by atoms with van der Waals surface area (Å²) < 4.78 is 0. The van der Waals surface area contributed by atoms with Crippen LogP contribution in [0.2, 0.25) is 0 Å². The molecule has 1 fully saturated rings. The first-order chi connectivity index (χ1) is 8.34. The van der Waals surface area contributed by atoms with Crippen molar-refractivity contribution in [2.45, 2.75) is 50.8 Å². The van der Waals surface area contributed by atoms with Crippen molar-refractivity contribution in [1.82, 2.24) is 4.90 Å². The zero-order valence-corrected chi connectivity index (χ0v) is 10.3. The molecule has 2 heteroatoms. The van der Waals surface area contributed by atoms with Crippen molar-refractivity contribution in [1.29, 1.82) is 0 Å². The Labute approximate surface area is 103 Å². The SMILES string of the molecule is O[C@@H]1CCC[C@H]1N1CCCc2ccccc2C1. The maximum absolute atomic E-state index is 10.0. The van der Waals surface area contributed by atoms with E-state index in [2.05, 4.69) is 29.2 Å². The maximum atomic E-state index is 10.0. The highest BCUT2D eigenvalue weighted by atomic mass is 16.3. The van der Waals surface area contributed by atoms with Gasteiger partial charge in [-0.1, -0.05) is 24.3 Å². The highest BCUT2D eigenvalue weighted by molar-refractivity contribution is 5.28. The van der Waals surface area contributed by atoms with Crippen LogP contribution in [0.15, 0.2) is 24.3 Å². The van der Waals surface area contributed by atoms with Gasteiger partial charge in [-0.2, -0.15) is 0 Å². The number of fused-ring (bicyclic) bond motifs is 1. The molecule has 2 atom stereocenters. The van der Waals surface area contributed by atoms with Crippen LogP contribution in [-0.4, -0.2) is 28.7 Å². The molecular formula is C15H21NO. The standard InChI is InChI=1S/C15H21NO/c17-15-9-3-8-14(15)16-10-4-7-12-5-1-2-6-13(12)11-16/h1-2,5-6,14-15,17H,3-4,7-11H2/t14-,15-/m1/s1. The molecule has 1 saturated carbocycles. The lowest BCUT2D eigenvalue weighted by Gasteiger charge is -2.30. The molecule has 1 aliphatic carbocycles. The molecule has 1 N–H and O–H groups in total. The Hall–Kier alpha value is -0.860. The fourth-order valence-electron chi connectivity index (χ4n) is 3.36. The number of benzene rings is 1. The molecule has 0 unspecified atom stereocenters. The van der Waals surface area contributed by atoms with Crippen LogP contribution in [0.5, 0.6) is 0 Å². The van der Waals surface area contributed by atoms with Crippen LogP contribution in [0.1, 0.15) is 36.8 Å². The summed E-state index contributed by atoms with van der Waals surface area (Å²) in [6.07, 6.45) is 5.66. The van der Waals surface area contributed by atoms with Crippen LogP contribution in [-0.2, 0) is 13.0 Å². The van der Waals surface area contributed by atoms with Gasteiger partial charge in [-0.25, -0.2) is 0 Å². The van der Waals surface area contributed by atoms with Crippen molar-refractivity contribution in [3.63, 3.8) is 0 Å². The quantitative estimate of drug-likeness (QED) is 0.802. The molecule has 3 rings (SSSR count). The summed E-state index contributed by atoms with van der Waals surface area (Å²) >= 11 is 0. The molecule has 2 nitrogen and oxygen atoms in total. The number of hydrogen-bond donors (Lipinski definition) is 1. The van der Waals surface area contributed by atoms with E-state index in [1.54, 1.807) is 0 Å². The van der Waals surface area contributed by atoms with Crippen molar-refractivity contribution in [2.24, 2.45) is 0 Å². The fourth-order valence-corrected chi connectivity index (χ4v) is 3.36. The van der Waals surface area contributed by atoms with Gasteiger partial charge in [0.25, 0.3) is 0 Å². The van der Waals surface area contributed by atoms with Crippen molar-refractivity contribution < 1.29 is 5.11 Å². The van der Waals surface area contributed by atoms with Crippen molar-refractivity contribution in [3.8, 4) is 0 Å². The maximum Gasteiger partial charge on any atom is 0.0695 e. The molecule has 1 aromatic rings. The largest absolute Gasteiger partial charge is 0.391 e. The third kappa shape index (κ3) is 2.24. The van der Waals surface area contributed by atoms with Crippen LogP contribution in [0.25, 0.3) is 0 Å². The van der Waals surface area contributed by atoms with Gasteiger partial charge in [0.1, 0.15) is 0 Å². The van der Waals surface area contributed by atoms with E-state index in [-0.39, 0.29) is 6.10 Å². The van der Waals surface area contributed by atoms with Crippen LogP contribution < -0.4 is 0 Å². The lowest BCUT2D eigenvalue weighted by molar-refractivity contribution is 0.0668. The van der Waals surface area contributed by atoms with Crippen LogP contribution in [0.4, 0.5) is 0 Å². The summed E-state index contributed by atoms with van der Waals surface area (Å²) in [5, 5.41) is 10.0. The zero-order chi connectivity index (χ0) is 11.7. The lowest BCUT2D eigenvalue weighted by Crippen LogP contribution is -2.40. The number of aliphatic hydroxyl groups is 1. The predicted molar refractivity (Wildman–Crippen MR) is 68.8 cm³/mol. The molecule has 1 aromatic carbocycles. The third-order valence-corrected chi connectivity index (χ3v) is 4.30. The monoisotopic (exact) mass is 231 g/mol. The van der Waals surface area contributed by atoms with Gasteiger partial charge in [0, 0.05) is 12.6 Å². The minimum absolute atomic E-state index is 0.0970. The molecule has 0 bridgehead atoms. The van der Waals surface area contributed by atoms with E-state index in [1.807, 2.05) is 0 Å². The molecule has 0 saturated heterocycles. The Kier molecular flexibility index (Phi) is 3.17. The summed E-state index contributed by atoms with van der Waals surface area (Å²) in [5.41, 5.74) is 2.96. The van der Waals surface area contributed by atoms with Crippen molar-refractivity contribution >= 4 is 0 Å². The third-order valence-electron chi connectivity index (χ3n) is 4.30. The molecule has 2 aliphatic rings. The fraction of sp³-hybridized carbons (Fsp3) is 0.600. The second-order valence-electron chi connectivity index (χ2n) is 5.41. The van der Waals surface area contributed by atoms with E-state index in [9.17, 15) is 5.11 Å². The van der Waals surface area contributed by atoms with Gasteiger partial charge in [-0.15, -0.1) is 0 Å². The highest BCUT2D eigenvalue weighted by Gasteiger charge is 2.31. The normalized spacial score (nSPS) is 29.9. The number of rotatable bonds is 1. The Balaban J connectivity index is 1.80. The van der Waals surface area contributed by atoms with Crippen LogP contribution in [0, 0.1) is 0 Å². The van der Waals surface area contributed by atoms with Gasteiger partial charge in [-0.3, -0.25) is 4.90 Å². The molecular weight excluding hydrogens is 210 g/mol. The van der Waals surface area contributed by atoms with Crippen LogP contribution >= 0.6 is 0 Å². The number of aryl methyl sites for hydroxylation is 1. The summed E-state index contributed by atoms with van der Waals surface area (Å²) in [6.45, 7) is 2.16. The van der Waals surface area contributed by atoms with Crippen LogP contribution in [0.3, 0.4) is 0 Å². The first-order valence-electron chi connectivity index (χ1n) is 6.83. The van der Waals surface area contributed by atoms with Gasteiger partial charge in [0.2, 0.25) is 0 Å². The Bertz CT molecular complexity index is 390. The molecule has 0 aromatic heterocycles. The number of hydrogen-bond acceptors (Lipinski definition) is 2. The van der Waals surface area contributed by atoms with E-state index >= 15 is 0 Å². The second kappa shape index (κ2) is 4.79. The zero-order valence-electron chi connectivity index (χ0n) is 10.3.